The molecule has 0 bridgehead atoms. The molecule has 2 saturated heterocycles. The fourth-order valence-corrected chi connectivity index (χ4v) is 8.79. The van der Waals surface area contributed by atoms with Crippen LogP contribution in [0.4, 0.5) is 69.7 Å². The van der Waals surface area contributed by atoms with E-state index in [1.807, 2.05) is 42.5 Å². The Kier molecular flexibility index (Phi) is 34.7. The largest absolute Gasteiger partial charge is 0.490 e. The van der Waals surface area contributed by atoms with Gasteiger partial charge in [0.15, 0.2) is 5.96 Å². The van der Waals surface area contributed by atoms with Crippen LogP contribution in [0.1, 0.15) is 101 Å². The molecule has 2 aromatic rings. The monoisotopic (exact) mass is 1340 g/mol. The first-order valence-corrected chi connectivity index (χ1v) is 28.0. The number of carboxylic acid groups (broad SMARTS) is 4. The number of aliphatic imine (C=N–C) groups is 1. The molecule has 2 aromatic carbocycles. The molecule has 3 atom stereocenters. The number of fused-ring (bicyclic) bond motifs is 2. The Morgan fingerprint density at radius 3 is 1.59 bits per heavy atom. The van der Waals surface area contributed by atoms with Gasteiger partial charge in [-0.3, -0.25) is 48.9 Å². The second kappa shape index (κ2) is 39.1. The van der Waals surface area contributed by atoms with E-state index in [1.165, 1.54) is 6.92 Å². The van der Waals surface area contributed by atoms with Crippen LogP contribution in [0.25, 0.3) is 0 Å². The number of imide groups is 1. The van der Waals surface area contributed by atoms with E-state index in [2.05, 4.69) is 41.4 Å². The summed E-state index contributed by atoms with van der Waals surface area (Å²) in [6.45, 7) is 8.44. The highest BCUT2D eigenvalue weighted by atomic mass is 19.4. The summed E-state index contributed by atoms with van der Waals surface area (Å²) >= 11 is 0. The van der Waals surface area contributed by atoms with Gasteiger partial charge in [0, 0.05) is 19.5 Å². The molecular formula is C54H74F12N12O14. The zero-order chi connectivity index (χ0) is 70.3. The number of carbonyl (C=O) groups excluding carboxylic acids is 6. The molecule has 15 N–H and O–H groups in total. The van der Waals surface area contributed by atoms with E-state index in [1.54, 1.807) is 17.9 Å². The lowest BCUT2D eigenvalue weighted by molar-refractivity contribution is -0.193. The molecule has 0 aromatic heterocycles. The van der Waals surface area contributed by atoms with Crippen LogP contribution in [-0.4, -0.2) is 197 Å². The highest BCUT2D eigenvalue weighted by Gasteiger charge is 2.41. The van der Waals surface area contributed by atoms with Crippen molar-refractivity contribution in [3.63, 3.8) is 0 Å². The van der Waals surface area contributed by atoms with Crippen molar-refractivity contribution in [1.82, 2.24) is 31.1 Å². The van der Waals surface area contributed by atoms with Crippen molar-refractivity contribution in [3.8, 4) is 0 Å². The van der Waals surface area contributed by atoms with E-state index in [4.69, 9.17) is 56.8 Å². The van der Waals surface area contributed by atoms with Crippen LogP contribution >= 0.6 is 0 Å². The van der Waals surface area contributed by atoms with Crippen LogP contribution in [0.15, 0.2) is 53.5 Å². The minimum atomic E-state index is -5.08. The first-order chi connectivity index (χ1) is 42.6. The number of amides is 6. The van der Waals surface area contributed by atoms with Gasteiger partial charge in [0.2, 0.25) is 29.5 Å². The molecule has 0 radical (unpaired) electrons. The molecule has 0 unspecified atom stereocenters. The Morgan fingerprint density at radius 2 is 1.10 bits per heavy atom. The topological polar surface area (TPSA) is 412 Å². The molecular weight excluding hydrogens is 1270 g/mol. The lowest BCUT2D eigenvalue weighted by atomic mass is 9.91. The predicted octanol–water partition coefficient (Wildman–Crippen LogP) is 4.59. The van der Waals surface area contributed by atoms with Gasteiger partial charge in [0.25, 0.3) is 5.91 Å². The zero-order valence-corrected chi connectivity index (χ0v) is 49.6. The number of hydrogen-bond acceptors (Lipinski definition) is 15. The highest BCUT2D eigenvalue weighted by molar-refractivity contribution is 6.18. The summed E-state index contributed by atoms with van der Waals surface area (Å²) in [6, 6.07) is 12.3. The lowest BCUT2D eigenvalue weighted by Gasteiger charge is -2.35. The van der Waals surface area contributed by atoms with Gasteiger partial charge >= 0.3 is 48.6 Å². The van der Waals surface area contributed by atoms with Gasteiger partial charge in [0.1, 0.15) is 12.1 Å². The first-order valence-electron chi connectivity index (χ1n) is 28.0. The number of carboxylic acids is 4. The summed E-state index contributed by atoms with van der Waals surface area (Å²) in [5.41, 5.74) is 19.0. The molecule has 518 valence electrons. The summed E-state index contributed by atoms with van der Waals surface area (Å²) in [7, 11) is 0. The maximum Gasteiger partial charge on any atom is 0.490 e. The van der Waals surface area contributed by atoms with Gasteiger partial charge in [-0.2, -0.15) is 52.7 Å². The van der Waals surface area contributed by atoms with Crippen LogP contribution in [-0.2, 0) is 43.2 Å². The van der Waals surface area contributed by atoms with Crippen molar-refractivity contribution >= 4 is 82.3 Å². The number of unbranched alkanes of at least 4 members (excludes halogenated alkanes) is 2. The van der Waals surface area contributed by atoms with Crippen LogP contribution in [0, 0.1) is 5.92 Å². The quantitative estimate of drug-likeness (QED) is 0.0332. The second-order valence-electron chi connectivity index (χ2n) is 20.5. The number of likely N-dealkylation sites (tertiary alicyclic amines) is 2. The maximum atomic E-state index is 13.9. The van der Waals surface area contributed by atoms with Crippen LogP contribution in [0.5, 0.6) is 0 Å². The van der Waals surface area contributed by atoms with Gasteiger partial charge in [-0.15, -0.1) is 0 Å². The van der Waals surface area contributed by atoms with Gasteiger partial charge in [-0.1, -0.05) is 37.1 Å². The molecule has 0 aliphatic carbocycles. The molecule has 3 heterocycles. The third-order valence-corrected chi connectivity index (χ3v) is 13.3. The molecule has 26 nitrogen and oxygen atoms in total. The highest BCUT2D eigenvalue weighted by Crippen LogP contribution is 2.38. The van der Waals surface area contributed by atoms with Gasteiger partial charge in [-0.05, 0) is 141 Å². The van der Waals surface area contributed by atoms with Crippen LogP contribution in [0.3, 0.4) is 0 Å². The third kappa shape index (κ3) is 32.1. The maximum absolute atomic E-state index is 13.9. The standard InChI is InChI=1S/C46H70N12O6.4C2HF3O2/c1-31(42(61)55-38(15-7-9-23-47)45(64)52-32(2)59)51-44(63)37(16-11-24-50-46(48)49)53-34-21-28-56(29-22-34)25-10-8-12-33-19-26-57(27-20-33)30-41(60)58-39-17-5-3-13-35(39)43(62)54-36-14-4-6-18-40(36)58;4*3-2(4,5)1(6)7/h3-6,13-14,17-18,31,33-34,37-38,53H,7-12,15-16,19-30,47H2,1-2H3,(H,51,63)(H,54,62)(H,55,61)(H4,48,49,50)(H,52,59,64);4*(H,6,7)/t31-,37-,38-;;;;/m0..../s1. The smallest absolute Gasteiger partial charge is 0.475 e. The van der Waals surface area contributed by atoms with Crippen LogP contribution < -0.4 is 48.7 Å². The normalized spacial score (nSPS) is 15.6. The molecule has 3 aliphatic heterocycles. The Labute approximate surface area is 518 Å². The fourth-order valence-electron chi connectivity index (χ4n) is 8.79. The van der Waals surface area contributed by atoms with Crippen molar-refractivity contribution in [2.45, 2.75) is 140 Å². The van der Waals surface area contributed by atoms with Crippen LogP contribution in [0.2, 0.25) is 0 Å². The van der Waals surface area contributed by atoms with E-state index in [9.17, 15) is 81.5 Å². The molecule has 92 heavy (non-hydrogen) atoms. The Hall–Kier alpha value is -8.39. The van der Waals surface area contributed by atoms with Crippen molar-refractivity contribution in [3.05, 3.63) is 54.1 Å². The van der Waals surface area contributed by atoms with Crippen molar-refractivity contribution < 1.29 is 121 Å². The summed E-state index contributed by atoms with van der Waals surface area (Å²) in [5, 5.41) is 42.7. The van der Waals surface area contributed by atoms with E-state index < -0.39 is 84.4 Å². The number of nitrogens with one attached hydrogen (secondary N) is 5. The van der Waals surface area contributed by atoms with Gasteiger partial charge in [0.05, 0.1) is 35.2 Å². The average Bonchev–Trinajstić information content (AvgIpc) is 1.58. The second-order valence-corrected chi connectivity index (χ2v) is 20.5. The Balaban J connectivity index is 0.00000125. The molecule has 5 rings (SSSR count). The number of aliphatic carboxylic acids is 4. The molecule has 0 spiro atoms. The third-order valence-electron chi connectivity index (χ3n) is 13.3. The number of carbonyl (C=O) groups is 10. The van der Waals surface area contributed by atoms with E-state index >= 15 is 0 Å². The number of nitrogens with zero attached hydrogens (tertiary/aromatic N) is 4. The number of anilines is 3. The molecule has 6 amide bonds. The number of para-hydroxylation sites is 3. The van der Waals surface area contributed by atoms with Gasteiger partial charge in [-0.25, -0.2) is 19.2 Å². The Morgan fingerprint density at radius 1 is 0.620 bits per heavy atom. The fraction of sp³-hybridized carbons (Fsp3) is 0.574. The minimum absolute atomic E-state index is 0.0167. The van der Waals surface area contributed by atoms with Gasteiger partial charge < -0.3 is 63.8 Å². The number of halogens is 12. The van der Waals surface area contributed by atoms with E-state index in [0.717, 1.165) is 77.7 Å². The lowest BCUT2D eigenvalue weighted by Crippen LogP contribution is -2.57. The first kappa shape index (κ1) is 81.6. The molecule has 0 saturated carbocycles. The number of guanidine groups is 1. The van der Waals surface area contributed by atoms with Crippen molar-refractivity contribution in [2.24, 2.45) is 28.1 Å². The van der Waals surface area contributed by atoms with E-state index in [-0.39, 0.29) is 36.3 Å². The zero-order valence-electron chi connectivity index (χ0n) is 49.6. The number of alkyl halides is 12. The number of hydrogen-bond donors (Lipinski definition) is 12. The SMILES string of the molecule is CC(=O)NC(=O)[C@H](CCCCN)NC(=O)[C@H](C)NC(=O)[C@H](CCCN=C(N)N)NC1CCN(CCCCC2CCN(CC(=O)N3c4ccccc4NC(=O)c4ccccc43)CC2)CC1.O=C(O)C(F)(F)F.O=C(O)C(F)(F)F.O=C(O)C(F)(F)F.O=C(O)C(F)(F)F. The minimum Gasteiger partial charge on any atom is -0.475 e. The van der Waals surface area contributed by atoms with E-state index in [0.29, 0.717) is 73.7 Å². The summed E-state index contributed by atoms with van der Waals surface area (Å²) in [4.78, 5) is 124. The Bertz CT molecular complexity index is 2700. The number of benzene rings is 2. The summed E-state index contributed by atoms with van der Waals surface area (Å²) in [6.07, 6.45) is -10.5. The predicted molar refractivity (Wildman–Crippen MR) is 303 cm³/mol. The van der Waals surface area contributed by atoms with Crippen molar-refractivity contribution in [2.75, 3.05) is 62.6 Å². The van der Waals surface area contributed by atoms with Crippen molar-refractivity contribution in [1.29, 1.82) is 0 Å². The number of nitrogens with two attached hydrogens (primary N) is 3. The summed E-state index contributed by atoms with van der Waals surface area (Å²) < 4.78 is 127. The number of rotatable bonds is 22. The molecule has 3 aliphatic rings. The average molecular weight is 1340 g/mol. The summed E-state index contributed by atoms with van der Waals surface area (Å²) in [5.74, 6) is -12.7. The number of piperidine rings is 2. The molecule has 2 fully saturated rings. The molecule has 38 heteroatoms.